The molecule has 18 heavy (non-hydrogen) atoms. The Morgan fingerprint density at radius 3 is 2.44 bits per heavy atom. The fourth-order valence-electron chi connectivity index (χ4n) is 1.60. The highest BCUT2D eigenvalue weighted by Crippen LogP contribution is 2.08. The highest BCUT2D eigenvalue weighted by Gasteiger charge is 1.97. The van der Waals surface area contributed by atoms with Crippen LogP contribution in [0.5, 0.6) is 0 Å². The van der Waals surface area contributed by atoms with E-state index in [9.17, 15) is 4.79 Å². The van der Waals surface area contributed by atoms with Crippen LogP contribution in [0.4, 0.5) is 0 Å². The normalized spacial score (nSPS) is 11.6. The minimum absolute atomic E-state index is 0.197. The van der Waals surface area contributed by atoms with Gasteiger partial charge in [-0.2, -0.15) is 0 Å². The lowest BCUT2D eigenvalue weighted by Crippen LogP contribution is -2.15. The summed E-state index contributed by atoms with van der Waals surface area (Å²) in [5.41, 5.74) is 0. The van der Waals surface area contributed by atoms with Crippen LogP contribution in [0.2, 0.25) is 0 Å². The molecule has 106 valence electrons. The van der Waals surface area contributed by atoms with E-state index in [0.29, 0.717) is 0 Å². The maximum absolute atomic E-state index is 11.5. The van der Waals surface area contributed by atoms with Crippen molar-refractivity contribution in [1.82, 2.24) is 4.90 Å². The van der Waals surface area contributed by atoms with E-state index in [2.05, 4.69) is 11.8 Å². The summed E-state index contributed by atoms with van der Waals surface area (Å²) < 4.78 is 0. The summed E-state index contributed by atoms with van der Waals surface area (Å²) in [6.45, 7) is 3.20. The highest BCUT2D eigenvalue weighted by molar-refractivity contribution is 8.14. The summed E-state index contributed by atoms with van der Waals surface area (Å²) in [6.07, 6.45) is 12.7. The van der Waals surface area contributed by atoms with Crippen molar-refractivity contribution < 1.29 is 4.79 Å². The average Bonchev–Trinajstić information content (AvgIpc) is 2.32. The van der Waals surface area contributed by atoms with Crippen LogP contribution < -0.4 is 0 Å². The third-order valence-electron chi connectivity index (χ3n) is 2.76. The molecule has 0 bridgehead atoms. The van der Waals surface area contributed by atoms with Gasteiger partial charge in [-0.05, 0) is 33.0 Å². The number of hydrogen-bond acceptors (Lipinski definition) is 3. The third-order valence-corrected chi connectivity index (χ3v) is 3.57. The first-order valence-electron chi connectivity index (χ1n) is 7.14. The van der Waals surface area contributed by atoms with Gasteiger partial charge in [0, 0.05) is 12.3 Å². The molecule has 0 heterocycles. The summed E-state index contributed by atoms with van der Waals surface area (Å²) in [4.78, 5) is 13.6. The second-order valence-corrected chi connectivity index (χ2v) is 6.03. The Balaban J connectivity index is 3.32. The van der Waals surface area contributed by atoms with Gasteiger partial charge in [0.25, 0.3) is 0 Å². The molecule has 0 N–H and O–H groups in total. The zero-order valence-electron chi connectivity index (χ0n) is 12.3. The van der Waals surface area contributed by atoms with Crippen LogP contribution in [0.3, 0.4) is 0 Å². The SMILES string of the molecule is CCCCCCCC/C=C/C(=O)SCCN(C)C. The van der Waals surface area contributed by atoms with Crippen LogP contribution in [-0.4, -0.2) is 36.4 Å². The van der Waals surface area contributed by atoms with Crippen LogP contribution >= 0.6 is 11.8 Å². The topological polar surface area (TPSA) is 20.3 Å². The van der Waals surface area contributed by atoms with Gasteiger partial charge < -0.3 is 4.90 Å². The third kappa shape index (κ3) is 13.8. The molecule has 2 nitrogen and oxygen atoms in total. The number of hydrogen-bond donors (Lipinski definition) is 0. The lowest BCUT2D eigenvalue weighted by Gasteiger charge is -2.06. The Kier molecular flexibility index (Phi) is 13.0. The van der Waals surface area contributed by atoms with Crippen LogP contribution in [0.25, 0.3) is 0 Å². The Morgan fingerprint density at radius 1 is 1.11 bits per heavy atom. The van der Waals surface area contributed by atoms with Crippen molar-refractivity contribution in [2.75, 3.05) is 26.4 Å². The average molecular weight is 271 g/mol. The first-order valence-corrected chi connectivity index (χ1v) is 8.13. The molecule has 0 aromatic rings. The zero-order valence-corrected chi connectivity index (χ0v) is 13.1. The quantitative estimate of drug-likeness (QED) is 0.416. The number of allylic oxidation sites excluding steroid dienone is 1. The van der Waals surface area contributed by atoms with Crippen molar-refractivity contribution in [3.05, 3.63) is 12.2 Å². The van der Waals surface area contributed by atoms with E-state index in [1.165, 1.54) is 50.3 Å². The van der Waals surface area contributed by atoms with E-state index in [1.54, 1.807) is 6.08 Å². The van der Waals surface area contributed by atoms with E-state index in [1.807, 2.05) is 20.2 Å². The van der Waals surface area contributed by atoms with Gasteiger partial charge >= 0.3 is 0 Å². The van der Waals surface area contributed by atoms with Crippen LogP contribution in [0, 0.1) is 0 Å². The predicted octanol–water partition coefficient (Wildman–Crippen LogP) is 4.11. The van der Waals surface area contributed by atoms with E-state index < -0.39 is 0 Å². The molecule has 0 radical (unpaired) electrons. The Labute approximate surface area is 117 Å². The van der Waals surface area contributed by atoms with Gasteiger partial charge in [0.15, 0.2) is 0 Å². The number of rotatable bonds is 11. The van der Waals surface area contributed by atoms with Crippen molar-refractivity contribution in [2.45, 2.75) is 51.9 Å². The molecule has 3 heteroatoms. The Bertz CT molecular complexity index is 227. The Hall–Kier alpha value is -0.280. The summed E-state index contributed by atoms with van der Waals surface area (Å²) >= 11 is 1.41. The van der Waals surface area contributed by atoms with Crippen molar-refractivity contribution in [3.63, 3.8) is 0 Å². The van der Waals surface area contributed by atoms with Gasteiger partial charge in [0.05, 0.1) is 0 Å². The van der Waals surface area contributed by atoms with Gasteiger partial charge in [-0.1, -0.05) is 56.9 Å². The fourth-order valence-corrected chi connectivity index (χ4v) is 2.45. The molecular formula is C15H29NOS. The monoisotopic (exact) mass is 271 g/mol. The molecule has 0 aliphatic heterocycles. The van der Waals surface area contributed by atoms with Crippen LogP contribution in [-0.2, 0) is 4.79 Å². The van der Waals surface area contributed by atoms with Gasteiger partial charge in [-0.15, -0.1) is 0 Å². The standard InChI is InChI=1S/C15H29NOS/c1-4-5-6-7-8-9-10-11-12-15(17)18-14-13-16(2)3/h11-12H,4-10,13-14H2,1-3H3/b12-11+. The maximum atomic E-state index is 11.5. The van der Waals surface area contributed by atoms with Gasteiger partial charge in [0.2, 0.25) is 5.12 Å². The molecule has 0 atom stereocenters. The molecule has 0 rings (SSSR count). The predicted molar refractivity (Wildman–Crippen MR) is 83.2 cm³/mol. The number of thioether (sulfide) groups is 1. The fraction of sp³-hybridized carbons (Fsp3) is 0.800. The molecule has 0 fully saturated rings. The number of carbonyl (C=O) groups excluding carboxylic acids is 1. The zero-order chi connectivity index (χ0) is 13.6. The molecule has 0 aromatic carbocycles. The molecular weight excluding hydrogens is 242 g/mol. The van der Waals surface area contributed by atoms with Crippen LogP contribution in [0.1, 0.15) is 51.9 Å². The second kappa shape index (κ2) is 13.2. The molecule has 0 saturated heterocycles. The minimum Gasteiger partial charge on any atom is -0.309 e. The van der Waals surface area contributed by atoms with Crippen molar-refractivity contribution in [1.29, 1.82) is 0 Å². The van der Waals surface area contributed by atoms with Crippen molar-refractivity contribution >= 4 is 16.9 Å². The van der Waals surface area contributed by atoms with E-state index >= 15 is 0 Å². The summed E-state index contributed by atoms with van der Waals surface area (Å²) in [7, 11) is 4.05. The van der Waals surface area contributed by atoms with Crippen molar-refractivity contribution in [2.24, 2.45) is 0 Å². The molecule has 0 unspecified atom stereocenters. The lowest BCUT2D eigenvalue weighted by molar-refractivity contribution is -0.107. The largest absolute Gasteiger partial charge is 0.309 e. The number of nitrogens with zero attached hydrogens (tertiary/aromatic N) is 1. The molecule has 0 aliphatic rings. The first kappa shape index (κ1) is 17.7. The first-order chi connectivity index (χ1) is 8.66. The highest BCUT2D eigenvalue weighted by atomic mass is 32.2. The lowest BCUT2D eigenvalue weighted by atomic mass is 10.1. The van der Waals surface area contributed by atoms with Gasteiger partial charge in [-0.3, -0.25) is 4.79 Å². The minimum atomic E-state index is 0.197. The van der Waals surface area contributed by atoms with E-state index in [0.717, 1.165) is 18.7 Å². The smallest absolute Gasteiger partial charge is 0.211 e. The molecule has 0 saturated carbocycles. The maximum Gasteiger partial charge on any atom is 0.211 e. The van der Waals surface area contributed by atoms with Gasteiger partial charge in [0.1, 0.15) is 0 Å². The molecule has 0 spiro atoms. The molecule has 0 amide bonds. The van der Waals surface area contributed by atoms with Crippen molar-refractivity contribution in [3.8, 4) is 0 Å². The van der Waals surface area contributed by atoms with Crippen LogP contribution in [0.15, 0.2) is 12.2 Å². The number of unbranched alkanes of at least 4 members (excludes halogenated alkanes) is 6. The molecule has 0 aliphatic carbocycles. The summed E-state index contributed by atoms with van der Waals surface area (Å²) in [5.74, 6) is 0.882. The van der Waals surface area contributed by atoms with E-state index in [4.69, 9.17) is 0 Å². The molecule has 0 aromatic heterocycles. The summed E-state index contributed by atoms with van der Waals surface area (Å²) in [6, 6.07) is 0. The van der Waals surface area contributed by atoms with E-state index in [-0.39, 0.29) is 5.12 Å². The summed E-state index contributed by atoms with van der Waals surface area (Å²) in [5, 5.41) is 0.197. The number of carbonyl (C=O) groups is 1. The second-order valence-electron chi connectivity index (χ2n) is 4.93. The Morgan fingerprint density at radius 2 is 1.78 bits per heavy atom. The van der Waals surface area contributed by atoms with Gasteiger partial charge in [-0.25, -0.2) is 0 Å².